The maximum absolute atomic E-state index is 12.8. The Morgan fingerprint density at radius 3 is 2.46 bits per heavy atom. The van der Waals surface area contributed by atoms with E-state index in [2.05, 4.69) is 25.5 Å². The van der Waals surface area contributed by atoms with Gasteiger partial charge >= 0.3 is 6.36 Å². The zero-order chi connectivity index (χ0) is 27.6. The van der Waals surface area contributed by atoms with Crippen molar-refractivity contribution < 1.29 is 22.7 Å². The lowest BCUT2D eigenvalue weighted by molar-refractivity contribution is -0.274. The van der Waals surface area contributed by atoms with Gasteiger partial charge < -0.3 is 15.4 Å². The number of rotatable bonds is 7. The van der Waals surface area contributed by atoms with Gasteiger partial charge in [-0.05, 0) is 84.8 Å². The first-order valence-electron chi connectivity index (χ1n) is 11.7. The second kappa shape index (κ2) is 10.7. The minimum Gasteiger partial charge on any atom is -0.406 e. The highest BCUT2D eigenvalue weighted by Gasteiger charge is 2.31. The molecule has 0 bridgehead atoms. The summed E-state index contributed by atoms with van der Waals surface area (Å²) in [5.41, 5.74) is 5.39. The predicted molar refractivity (Wildman–Crippen MR) is 144 cm³/mol. The number of halogens is 4. The maximum atomic E-state index is 12.8. The molecular weight excluding hydrogens is 531 g/mol. The number of alkyl halides is 4. The molecule has 3 aromatic carbocycles. The molecule has 0 spiro atoms. The summed E-state index contributed by atoms with van der Waals surface area (Å²) in [5, 5.41) is 10.5. The van der Waals surface area contributed by atoms with E-state index >= 15 is 0 Å². The molecule has 0 saturated carbocycles. The number of aryl methyl sites for hydroxylation is 1. The number of hydrogen-bond acceptors (Lipinski definition) is 5. The van der Waals surface area contributed by atoms with Crippen LogP contribution in [0.5, 0.6) is 5.75 Å². The molecular formula is C28H21ClF3N5O2. The molecule has 2 aromatic heterocycles. The summed E-state index contributed by atoms with van der Waals surface area (Å²) in [7, 11) is 0. The predicted octanol–water partition coefficient (Wildman–Crippen LogP) is 7.34. The lowest BCUT2D eigenvalue weighted by Gasteiger charge is -2.12. The normalized spacial score (nSPS) is 11.4. The summed E-state index contributed by atoms with van der Waals surface area (Å²) in [6.45, 7) is 1.90. The van der Waals surface area contributed by atoms with E-state index in [1.54, 1.807) is 47.1 Å². The molecule has 0 aliphatic heterocycles. The van der Waals surface area contributed by atoms with Gasteiger partial charge in [0.2, 0.25) is 5.95 Å². The summed E-state index contributed by atoms with van der Waals surface area (Å²) in [6.07, 6.45) is -3.03. The summed E-state index contributed by atoms with van der Waals surface area (Å²) in [4.78, 5) is 17.4. The highest BCUT2D eigenvalue weighted by atomic mass is 35.5. The molecule has 0 atom stereocenters. The van der Waals surface area contributed by atoms with Crippen LogP contribution >= 0.6 is 11.6 Å². The second-order valence-corrected chi connectivity index (χ2v) is 8.90. The van der Waals surface area contributed by atoms with E-state index in [1.165, 1.54) is 24.3 Å². The topological polar surface area (TPSA) is 80.5 Å². The van der Waals surface area contributed by atoms with Crippen LogP contribution in [0.3, 0.4) is 0 Å². The lowest BCUT2D eigenvalue weighted by Crippen LogP contribution is -2.16. The van der Waals surface area contributed by atoms with Crippen molar-refractivity contribution in [1.82, 2.24) is 14.6 Å². The van der Waals surface area contributed by atoms with Crippen molar-refractivity contribution in [3.63, 3.8) is 0 Å². The minimum absolute atomic E-state index is 0.259. The quantitative estimate of drug-likeness (QED) is 0.207. The van der Waals surface area contributed by atoms with Gasteiger partial charge in [-0.25, -0.2) is 9.50 Å². The van der Waals surface area contributed by atoms with Gasteiger partial charge in [-0.1, -0.05) is 12.1 Å². The number of carbonyl (C=O) groups excluding carboxylic acids is 1. The minimum atomic E-state index is -4.77. The number of amides is 1. The Morgan fingerprint density at radius 2 is 1.77 bits per heavy atom. The number of anilines is 3. The van der Waals surface area contributed by atoms with Gasteiger partial charge in [-0.2, -0.15) is 0 Å². The van der Waals surface area contributed by atoms with Crippen LogP contribution < -0.4 is 15.4 Å². The first-order valence-corrected chi connectivity index (χ1v) is 12.3. The monoisotopic (exact) mass is 551 g/mol. The molecule has 0 aliphatic rings. The molecule has 0 fully saturated rings. The molecule has 39 heavy (non-hydrogen) atoms. The van der Waals surface area contributed by atoms with Crippen molar-refractivity contribution in [3.05, 3.63) is 102 Å². The zero-order valence-electron chi connectivity index (χ0n) is 20.5. The van der Waals surface area contributed by atoms with Crippen molar-refractivity contribution >= 4 is 40.3 Å². The van der Waals surface area contributed by atoms with E-state index < -0.39 is 6.36 Å². The Kier molecular flexibility index (Phi) is 7.12. The highest BCUT2D eigenvalue weighted by Crippen LogP contribution is 2.29. The Balaban J connectivity index is 1.35. The van der Waals surface area contributed by atoms with Gasteiger partial charge in [-0.15, -0.1) is 29.9 Å². The van der Waals surface area contributed by atoms with Crippen molar-refractivity contribution in [3.8, 4) is 17.0 Å². The molecule has 0 unspecified atom stereocenters. The zero-order valence-corrected chi connectivity index (χ0v) is 21.2. The largest absolute Gasteiger partial charge is 0.573 e. The molecule has 0 aliphatic carbocycles. The van der Waals surface area contributed by atoms with Crippen LogP contribution in [-0.4, -0.2) is 26.9 Å². The van der Waals surface area contributed by atoms with E-state index in [0.717, 1.165) is 11.1 Å². The maximum Gasteiger partial charge on any atom is 0.573 e. The fourth-order valence-corrected chi connectivity index (χ4v) is 4.10. The van der Waals surface area contributed by atoms with Gasteiger partial charge in [0.15, 0.2) is 0 Å². The third kappa shape index (κ3) is 6.12. The number of aromatic nitrogens is 3. The van der Waals surface area contributed by atoms with E-state index in [0.29, 0.717) is 39.6 Å². The van der Waals surface area contributed by atoms with Gasteiger partial charge in [0, 0.05) is 34.6 Å². The number of nitrogens with one attached hydrogen (secondary N) is 2. The molecule has 5 rings (SSSR count). The van der Waals surface area contributed by atoms with Crippen LogP contribution in [0.25, 0.3) is 16.8 Å². The molecule has 11 heteroatoms. The summed E-state index contributed by atoms with van der Waals surface area (Å²) in [5.74, 6) is 0.0210. The Hall–Kier alpha value is -4.57. The fraction of sp³-hybridized carbons (Fsp3) is 0.107. The van der Waals surface area contributed by atoms with Crippen LogP contribution in [0.15, 0.2) is 85.1 Å². The molecule has 5 aromatic rings. The Bertz CT molecular complexity index is 1630. The number of hydrogen-bond donors (Lipinski definition) is 2. The fourth-order valence-electron chi connectivity index (χ4n) is 3.93. The average molecular weight is 552 g/mol. The van der Waals surface area contributed by atoms with Gasteiger partial charge in [0.05, 0.1) is 5.52 Å². The number of nitrogens with zero attached hydrogens (tertiary/aromatic N) is 3. The summed E-state index contributed by atoms with van der Waals surface area (Å²) >= 11 is 5.91. The van der Waals surface area contributed by atoms with E-state index in [9.17, 15) is 18.0 Å². The Morgan fingerprint density at radius 1 is 1.03 bits per heavy atom. The summed E-state index contributed by atoms with van der Waals surface area (Å²) in [6, 6.07) is 21.5. The standard InChI is InChI=1S/C28H21ClF3N5O2/c1-17-4-5-18(16-29)15-23(17)34-26(38)20-6-10-21(11-7-20)33-27-35-25(24-3-2-14-37(24)36-27)19-8-12-22(13-9-19)39-28(30,31)32/h2-15H,16H2,1H3,(H,33,36)(H,34,38). The van der Waals surface area contributed by atoms with Crippen LogP contribution in [-0.2, 0) is 5.88 Å². The number of ether oxygens (including phenoxy) is 1. The molecule has 7 nitrogen and oxygen atoms in total. The van der Waals surface area contributed by atoms with Crippen LogP contribution in [0.2, 0.25) is 0 Å². The SMILES string of the molecule is Cc1ccc(CCl)cc1NC(=O)c1ccc(Nc2nc(-c3ccc(OC(F)(F)F)cc3)c3cccn3n2)cc1. The van der Waals surface area contributed by atoms with E-state index in [1.807, 2.05) is 25.1 Å². The Labute approximate surface area is 226 Å². The van der Waals surface area contributed by atoms with Crippen LogP contribution in [0.1, 0.15) is 21.5 Å². The second-order valence-electron chi connectivity index (χ2n) is 8.63. The van der Waals surface area contributed by atoms with Crippen molar-refractivity contribution in [2.75, 3.05) is 10.6 Å². The number of benzene rings is 3. The van der Waals surface area contributed by atoms with Gasteiger partial charge in [0.25, 0.3) is 5.91 Å². The van der Waals surface area contributed by atoms with Crippen molar-refractivity contribution in [2.45, 2.75) is 19.2 Å². The molecule has 0 radical (unpaired) electrons. The van der Waals surface area contributed by atoms with Crippen LogP contribution in [0, 0.1) is 6.92 Å². The number of carbonyl (C=O) groups is 1. The van der Waals surface area contributed by atoms with Crippen molar-refractivity contribution in [2.24, 2.45) is 0 Å². The average Bonchev–Trinajstić information content (AvgIpc) is 3.38. The molecule has 198 valence electrons. The van der Waals surface area contributed by atoms with Gasteiger partial charge in [0.1, 0.15) is 11.4 Å². The first-order chi connectivity index (χ1) is 18.7. The molecule has 1 amide bonds. The van der Waals surface area contributed by atoms with E-state index in [4.69, 9.17) is 11.6 Å². The lowest BCUT2D eigenvalue weighted by atomic mass is 10.1. The highest BCUT2D eigenvalue weighted by molar-refractivity contribution is 6.17. The summed E-state index contributed by atoms with van der Waals surface area (Å²) < 4.78 is 43.1. The third-order valence-corrected chi connectivity index (χ3v) is 6.17. The third-order valence-electron chi connectivity index (χ3n) is 5.86. The number of fused-ring (bicyclic) bond motifs is 1. The van der Waals surface area contributed by atoms with Crippen molar-refractivity contribution in [1.29, 1.82) is 0 Å². The van der Waals surface area contributed by atoms with E-state index in [-0.39, 0.29) is 17.6 Å². The molecule has 0 saturated heterocycles. The smallest absolute Gasteiger partial charge is 0.406 e. The van der Waals surface area contributed by atoms with Crippen LogP contribution in [0.4, 0.5) is 30.5 Å². The molecule has 2 N–H and O–H groups in total. The molecule has 2 heterocycles. The first kappa shape index (κ1) is 26.1. The van der Waals surface area contributed by atoms with Gasteiger partial charge in [-0.3, -0.25) is 4.79 Å².